The van der Waals surface area contributed by atoms with E-state index in [0.29, 0.717) is 22.3 Å². The van der Waals surface area contributed by atoms with E-state index in [2.05, 4.69) is 10.5 Å². The molecule has 2 aromatic carbocycles. The number of amides is 1. The average molecular weight is 534 g/mol. The Bertz CT molecular complexity index is 1450. The zero-order valence-electron chi connectivity index (χ0n) is 19.6. The Balaban J connectivity index is 1.93. The predicted molar refractivity (Wildman–Crippen MR) is 136 cm³/mol. The van der Waals surface area contributed by atoms with Crippen LogP contribution in [-0.4, -0.2) is 48.4 Å². The third-order valence-electron chi connectivity index (χ3n) is 5.61. The average Bonchev–Trinajstić information content (AvgIpc) is 2.82. The molecule has 1 atom stereocenters. The summed E-state index contributed by atoms with van der Waals surface area (Å²) < 4.78 is 38.8. The van der Waals surface area contributed by atoms with Gasteiger partial charge in [0.15, 0.2) is 0 Å². The molecule has 0 aliphatic carbocycles. The molecule has 0 aliphatic heterocycles. The molecule has 8 nitrogen and oxygen atoms in total. The molecule has 1 aromatic heterocycles. The van der Waals surface area contributed by atoms with Gasteiger partial charge in [0.2, 0.25) is 5.56 Å². The van der Waals surface area contributed by atoms with Crippen molar-refractivity contribution < 1.29 is 22.8 Å². The van der Waals surface area contributed by atoms with Crippen LogP contribution in [0, 0.1) is 5.82 Å². The van der Waals surface area contributed by atoms with Gasteiger partial charge in [-0.25, -0.2) is 12.8 Å². The first-order chi connectivity index (χ1) is 17.0. The number of oxime groups is 1. The van der Waals surface area contributed by atoms with Crippen LogP contribution in [0.3, 0.4) is 0 Å². The van der Waals surface area contributed by atoms with E-state index in [0.717, 1.165) is 6.26 Å². The van der Waals surface area contributed by atoms with Gasteiger partial charge in [-0.15, -0.1) is 0 Å². The maximum atomic E-state index is 15.0. The summed E-state index contributed by atoms with van der Waals surface area (Å²) in [6.45, 7) is -0.0199. The van der Waals surface area contributed by atoms with E-state index in [9.17, 15) is 27.6 Å². The third-order valence-corrected chi connectivity index (χ3v) is 6.79. The van der Waals surface area contributed by atoms with Gasteiger partial charge < -0.3 is 15.1 Å². The second-order valence-electron chi connectivity index (χ2n) is 8.34. The molecule has 0 aliphatic rings. The lowest BCUT2D eigenvalue weighted by atomic mass is 9.85. The van der Waals surface area contributed by atoms with Crippen LogP contribution in [0.1, 0.15) is 39.4 Å². The fraction of sp³-hybridized carbons (Fsp3) is 0.240. The number of benzene rings is 2. The Morgan fingerprint density at radius 3 is 2.39 bits per heavy atom. The van der Waals surface area contributed by atoms with Gasteiger partial charge in [-0.3, -0.25) is 9.59 Å². The van der Waals surface area contributed by atoms with Crippen molar-refractivity contribution in [2.24, 2.45) is 12.2 Å². The quantitative estimate of drug-likeness (QED) is 0.248. The van der Waals surface area contributed by atoms with Crippen LogP contribution >= 0.6 is 11.6 Å². The summed E-state index contributed by atoms with van der Waals surface area (Å²) in [6, 6.07) is 13.6. The predicted octanol–water partition coefficient (Wildman–Crippen LogP) is 3.35. The Kier molecular flexibility index (Phi) is 8.65. The molecule has 0 bridgehead atoms. The summed E-state index contributed by atoms with van der Waals surface area (Å²) in [6.07, 6.45) is 2.69. The summed E-state index contributed by atoms with van der Waals surface area (Å²) in [4.78, 5) is 24.1. The van der Waals surface area contributed by atoms with Gasteiger partial charge in [-0.2, -0.15) is 0 Å². The zero-order valence-corrected chi connectivity index (χ0v) is 21.2. The second kappa shape index (κ2) is 11.5. The SMILES string of the molecule is Cn1cc(/C(CC(c2ccc(C(=O)NCCS(C)(=O)=O)cc2)c2ccc(Cl)cc2F)=N\O)ccc1=O. The van der Waals surface area contributed by atoms with E-state index in [1.807, 2.05) is 0 Å². The van der Waals surface area contributed by atoms with Crippen LogP contribution in [0.15, 0.2) is 70.7 Å². The number of pyridine rings is 1. The topological polar surface area (TPSA) is 118 Å². The maximum Gasteiger partial charge on any atom is 0.251 e. The Morgan fingerprint density at radius 2 is 1.81 bits per heavy atom. The number of carbonyl (C=O) groups is 1. The minimum atomic E-state index is -3.21. The number of hydrogen-bond acceptors (Lipinski definition) is 6. The van der Waals surface area contributed by atoms with Crippen LogP contribution < -0.4 is 10.9 Å². The molecule has 190 valence electrons. The monoisotopic (exact) mass is 533 g/mol. The molecule has 1 amide bonds. The van der Waals surface area contributed by atoms with Gasteiger partial charge in [-0.1, -0.05) is 35.0 Å². The molecule has 2 N–H and O–H groups in total. The van der Waals surface area contributed by atoms with Gasteiger partial charge in [0.05, 0.1) is 11.5 Å². The molecule has 3 aromatic rings. The molecule has 1 heterocycles. The van der Waals surface area contributed by atoms with Crippen LogP contribution in [0.25, 0.3) is 0 Å². The highest BCUT2D eigenvalue weighted by Gasteiger charge is 2.23. The molecule has 0 spiro atoms. The van der Waals surface area contributed by atoms with E-state index in [1.54, 1.807) is 43.4 Å². The summed E-state index contributed by atoms with van der Waals surface area (Å²) >= 11 is 5.94. The van der Waals surface area contributed by atoms with E-state index < -0.39 is 27.5 Å². The lowest BCUT2D eigenvalue weighted by Gasteiger charge is -2.20. The smallest absolute Gasteiger partial charge is 0.251 e. The number of hydrogen-bond donors (Lipinski definition) is 2. The lowest BCUT2D eigenvalue weighted by Crippen LogP contribution is -2.28. The van der Waals surface area contributed by atoms with Crippen molar-refractivity contribution in [3.8, 4) is 0 Å². The maximum absolute atomic E-state index is 15.0. The van der Waals surface area contributed by atoms with Crippen molar-refractivity contribution >= 4 is 33.1 Å². The highest BCUT2D eigenvalue weighted by molar-refractivity contribution is 7.90. The number of aromatic nitrogens is 1. The van der Waals surface area contributed by atoms with Crippen molar-refractivity contribution in [3.05, 3.63) is 104 Å². The molecule has 0 radical (unpaired) electrons. The van der Waals surface area contributed by atoms with E-state index >= 15 is 0 Å². The van der Waals surface area contributed by atoms with Crippen LogP contribution in [0.5, 0.6) is 0 Å². The van der Waals surface area contributed by atoms with Crippen LogP contribution in [0.2, 0.25) is 5.02 Å². The Labute approximate surface area is 213 Å². The largest absolute Gasteiger partial charge is 0.411 e. The number of nitrogens with one attached hydrogen (secondary N) is 1. The Hall–Kier alpha value is -3.50. The number of nitrogens with zero attached hydrogens (tertiary/aromatic N) is 2. The molecule has 3 rings (SSSR count). The summed E-state index contributed by atoms with van der Waals surface area (Å²) in [5.74, 6) is -1.79. The van der Waals surface area contributed by atoms with Crippen molar-refractivity contribution in [3.63, 3.8) is 0 Å². The number of rotatable bonds is 9. The number of sulfone groups is 1. The fourth-order valence-corrected chi connectivity index (χ4v) is 4.32. The zero-order chi connectivity index (χ0) is 26.5. The van der Waals surface area contributed by atoms with Crippen molar-refractivity contribution in [2.75, 3.05) is 18.6 Å². The summed E-state index contributed by atoms with van der Waals surface area (Å²) in [7, 11) is -1.64. The molecule has 0 saturated carbocycles. The first-order valence-electron chi connectivity index (χ1n) is 10.9. The molecule has 0 fully saturated rings. The van der Waals surface area contributed by atoms with E-state index in [-0.39, 0.29) is 35.0 Å². The molecular weight excluding hydrogens is 509 g/mol. The first kappa shape index (κ1) is 27.1. The number of aryl methyl sites for hydroxylation is 1. The highest BCUT2D eigenvalue weighted by atomic mass is 35.5. The van der Waals surface area contributed by atoms with E-state index in [1.165, 1.54) is 29.0 Å². The standard InChI is InChI=1S/C25H25ClFN3O5S/c1-30-15-18(7-10-24(30)31)23(29-33)14-21(20-9-8-19(26)13-22(20)27)16-3-5-17(6-4-16)25(32)28-11-12-36(2,34)35/h3-10,13,15,21,33H,11-12,14H2,1-2H3,(H,28,32)/b29-23-. The molecule has 36 heavy (non-hydrogen) atoms. The van der Waals surface area contributed by atoms with E-state index in [4.69, 9.17) is 11.6 Å². The third kappa shape index (κ3) is 7.02. The van der Waals surface area contributed by atoms with Crippen molar-refractivity contribution in [1.29, 1.82) is 0 Å². The normalized spacial score (nSPS) is 12.8. The summed E-state index contributed by atoms with van der Waals surface area (Å²) in [5.41, 5.74) is 1.72. The second-order valence-corrected chi connectivity index (χ2v) is 11.0. The van der Waals surface area contributed by atoms with Gasteiger partial charge in [0, 0.05) is 60.6 Å². The Morgan fingerprint density at radius 1 is 1.14 bits per heavy atom. The molecular formula is C25H25ClFN3O5S. The molecule has 11 heteroatoms. The fourth-order valence-electron chi connectivity index (χ4n) is 3.68. The van der Waals surface area contributed by atoms with Crippen molar-refractivity contribution in [1.82, 2.24) is 9.88 Å². The van der Waals surface area contributed by atoms with Crippen LogP contribution in [0.4, 0.5) is 4.39 Å². The van der Waals surface area contributed by atoms with Crippen LogP contribution in [-0.2, 0) is 16.9 Å². The number of halogens is 2. The first-order valence-corrected chi connectivity index (χ1v) is 13.3. The molecule has 0 saturated heterocycles. The van der Waals surface area contributed by atoms with Crippen molar-refractivity contribution in [2.45, 2.75) is 12.3 Å². The number of carbonyl (C=O) groups excluding carboxylic acids is 1. The van der Waals surface area contributed by atoms with Gasteiger partial charge in [0.25, 0.3) is 5.91 Å². The summed E-state index contributed by atoms with van der Waals surface area (Å²) in [5, 5.41) is 15.9. The lowest BCUT2D eigenvalue weighted by molar-refractivity contribution is 0.0956. The highest BCUT2D eigenvalue weighted by Crippen LogP contribution is 2.33. The van der Waals surface area contributed by atoms with Gasteiger partial charge >= 0.3 is 0 Å². The minimum Gasteiger partial charge on any atom is -0.411 e. The van der Waals surface area contributed by atoms with Gasteiger partial charge in [-0.05, 0) is 41.5 Å². The molecule has 1 unspecified atom stereocenters. The minimum absolute atomic E-state index is 0.0199. The van der Waals surface area contributed by atoms with Gasteiger partial charge in [0.1, 0.15) is 15.7 Å².